The summed E-state index contributed by atoms with van der Waals surface area (Å²) >= 11 is 0. The highest BCUT2D eigenvalue weighted by atomic mass is 16.5. The molecule has 2 aromatic carbocycles. The molecule has 2 fully saturated rings. The molecule has 2 aliphatic heterocycles. The highest BCUT2D eigenvalue weighted by molar-refractivity contribution is 5.89. The lowest BCUT2D eigenvalue weighted by molar-refractivity contribution is 0.137. The smallest absolute Gasteiger partial charge is 0.320 e. The molecule has 2 saturated heterocycles. The van der Waals surface area contributed by atoms with Crippen molar-refractivity contribution in [2.45, 2.75) is 89.8 Å². The maximum Gasteiger partial charge on any atom is 0.320 e. The van der Waals surface area contributed by atoms with Crippen LogP contribution in [0.15, 0.2) is 72.9 Å². The molecule has 3 aromatic heterocycles. The van der Waals surface area contributed by atoms with Crippen molar-refractivity contribution in [1.29, 1.82) is 0 Å². The molecule has 5 aromatic rings. The molecule has 3 unspecified atom stereocenters. The van der Waals surface area contributed by atoms with E-state index in [1.807, 2.05) is 65.2 Å². The van der Waals surface area contributed by atoms with Crippen LogP contribution in [0.5, 0.6) is 11.5 Å². The highest BCUT2D eigenvalue weighted by Gasteiger charge is 2.31. The molecule has 8 rings (SSSR count). The van der Waals surface area contributed by atoms with Crippen molar-refractivity contribution in [3.05, 3.63) is 89.7 Å². The fourth-order valence-electron chi connectivity index (χ4n) is 8.07. The minimum atomic E-state index is -0.294. The summed E-state index contributed by atoms with van der Waals surface area (Å²) in [6, 6.07) is 21.9. The van der Waals surface area contributed by atoms with Gasteiger partial charge in [0.1, 0.15) is 30.0 Å². The number of rotatable bonds is 10. The van der Waals surface area contributed by atoms with Gasteiger partial charge in [0.2, 0.25) is 5.95 Å². The lowest BCUT2D eigenvalue weighted by Crippen LogP contribution is -2.38. The number of ether oxygens (including phenoxy) is 3. The van der Waals surface area contributed by atoms with Crippen LogP contribution in [-0.2, 0) is 10.2 Å². The molecule has 2 amide bonds. The Hall–Kier alpha value is -5.14. The van der Waals surface area contributed by atoms with Crippen LogP contribution >= 0.6 is 0 Å². The Morgan fingerprint density at radius 2 is 1.77 bits per heavy atom. The summed E-state index contributed by atoms with van der Waals surface area (Å²) in [5.41, 5.74) is 4.37. The Morgan fingerprint density at radius 3 is 2.62 bits per heavy atom. The van der Waals surface area contributed by atoms with E-state index < -0.39 is 0 Å². The molecular formula is C43H55N9O4. The first-order valence-corrected chi connectivity index (χ1v) is 20.3. The number of hydrogen-bond donors (Lipinski definition) is 2. The molecule has 3 atom stereocenters. The number of amides is 2. The molecule has 3 aliphatic rings. The number of aromatic nitrogens is 5. The average molecular weight is 762 g/mol. The number of pyridine rings is 1. The maximum atomic E-state index is 13.8. The zero-order valence-corrected chi connectivity index (χ0v) is 33.1. The second-order valence-electron chi connectivity index (χ2n) is 16.3. The SMILES string of the molecule is CC1CCCCN1c1nnc2ccc(OC3CCC(NC(=O)Nc4cc(C(C)(C)C)nn4-c4cccc(OCCN5CCCOCC5)c4)c4ccccc43)cn12. The maximum absolute atomic E-state index is 13.8. The van der Waals surface area contributed by atoms with Crippen LogP contribution in [0.4, 0.5) is 16.6 Å². The van der Waals surface area contributed by atoms with Gasteiger partial charge in [0.15, 0.2) is 5.65 Å². The topological polar surface area (TPSA) is 123 Å². The third kappa shape index (κ3) is 8.48. The summed E-state index contributed by atoms with van der Waals surface area (Å²) in [5, 5.41) is 20.4. The largest absolute Gasteiger partial charge is 0.492 e. The Kier molecular flexibility index (Phi) is 11.1. The van der Waals surface area contributed by atoms with Crippen LogP contribution in [0.25, 0.3) is 11.3 Å². The molecule has 0 bridgehead atoms. The quantitative estimate of drug-likeness (QED) is 0.149. The van der Waals surface area contributed by atoms with Crippen LogP contribution in [0, 0.1) is 0 Å². The van der Waals surface area contributed by atoms with Crippen molar-refractivity contribution in [3.8, 4) is 17.2 Å². The minimum Gasteiger partial charge on any atom is -0.492 e. The molecule has 5 heterocycles. The average Bonchev–Trinajstić information content (AvgIpc) is 3.72. The summed E-state index contributed by atoms with van der Waals surface area (Å²) in [5.74, 6) is 2.97. The van der Waals surface area contributed by atoms with Crippen LogP contribution in [0.1, 0.15) is 95.2 Å². The monoisotopic (exact) mass is 761 g/mol. The van der Waals surface area contributed by atoms with Crippen molar-refractivity contribution < 1.29 is 19.0 Å². The fourth-order valence-corrected chi connectivity index (χ4v) is 8.07. The molecule has 0 saturated carbocycles. The van der Waals surface area contributed by atoms with E-state index in [1.165, 1.54) is 6.42 Å². The molecule has 2 N–H and O–H groups in total. The van der Waals surface area contributed by atoms with Crippen LogP contribution in [-0.4, -0.2) is 87.4 Å². The van der Waals surface area contributed by atoms with Gasteiger partial charge in [-0.1, -0.05) is 51.1 Å². The van der Waals surface area contributed by atoms with Crippen molar-refractivity contribution in [2.75, 3.05) is 56.2 Å². The molecule has 0 radical (unpaired) electrons. The van der Waals surface area contributed by atoms with Crippen molar-refractivity contribution in [2.24, 2.45) is 0 Å². The molecule has 56 heavy (non-hydrogen) atoms. The number of anilines is 2. The summed E-state index contributed by atoms with van der Waals surface area (Å²) in [7, 11) is 0. The lowest BCUT2D eigenvalue weighted by Gasteiger charge is -2.33. The van der Waals surface area contributed by atoms with Gasteiger partial charge in [0.05, 0.1) is 30.2 Å². The van der Waals surface area contributed by atoms with E-state index in [0.29, 0.717) is 18.5 Å². The fraction of sp³-hybridized carbons (Fsp3) is 0.488. The van der Waals surface area contributed by atoms with E-state index in [0.717, 1.165) is 117 Å². The van der Waals surface area contributed by atoms with Crippen molar-refractivity contribution in [1.82, 2.24) is 34.6 Å². The number of benzene rings is 2. The van der Waals surface area contributed by atoms with Crippen molar-refractivity contribution in [3.63, 3.8) is 0 Å². The first kappa shape index (κ1) is 37.8. The van der Waals surface area contributed by atoms with E-state index in [1.54, 1.807) is 4.68 Å². The number of urea groups is 1. The third-order valence-electron chi connectivity index (χ3n) is 11.2. The number of nitrogens with zero attached hydrogens (tertiary/aromatic N) is 7. The van der Waals surface area contributed by atoms with E-state index in [9.17, 15) is 4.79 Å². The second kappa shape index (κ2) is 16.5. The van der Waals surface area contributed by atoms with Gasteiger partial charge in [-0.05, 0) is 80.8 Å². The molecular weight excluding hydrogens is 707 g/mol. The van der Waals surface area contributed by atoms with Crippen molar-refractivity contribution >= 4 is 23.4 Å². The van der Waals surface area contributed by atoms with Gasteiger partial charge < -0.3 is 24.4 Å². The Morgan fingerprint density at radius 1 is 0.893 bits per heavy atom. The number of piperidine rings is 1. The Balaban J connectivity index is 0.955. The van der Waals surface area contributed by atoms with E-state index in [-0.39, 0.29) is 23.6 Å². The summed E-state index contributed by atoms with van der Waals surface area (Å²) in [4.78, 5) is 18.6. The zero-order chi connectivity index (χ0) is 38.6. The molecule has 296 valence electrons. The third-order valence-corrected chi connectivity index (χ3v) is 11.2. The van der Waals surface area contributed by atoms with E-state index in [2.05, 4.69) is 70.5 Å². The Labute approximate surface area is 329 Å². The number of fused-ring (bicyclic) bond motifs is 2. The van der Waals surface area contributed by atoms with E-state index in [4.69, 9.17) is 19.3 Å². The number of carbonyl (C=O) groups is 1. The predicted octanol–water partition coefficient (Wildman–Crippen LogP) is 7.47. The molecule has 1 aliphatic carbocycles. The second-order valence-corrected chi connectivity index (χ2v) is 16.3. The van der Waals surface area contributed by atoms with Gasteiger partial charge in [-0.15, -0.1) is 10.2 Å². The van der Waals surface area contributed by atoms with Gasteiger partial charge in [0, 0.05) is 56.4 Å². The first-order chi connectivity index (χ1) is 27.2. The summed E-state index contributed by atoms with van der Waals surface area (Å²) in [6.45, 7) is 14.5. The first-order valence-electron chi connectivity index (χ1n) is 20.3. The molecule has 0 spiro atoms. The summed E-state index contributed by atoms with van der Waals surface area (Å²) in [6.07, 6.45) is 7.89. The van der Waals surface area contributed by atoms with Crippen LogP contribution in [0.2, 0.25) is 0 Å². The van der Waals surface area contributed by atoms with Gasteiger partial charge in [-0.25, -0.2) is 9.48 Å². The van der Waals surface area contributed by atoms with Crippen LogP contribution in [0.3, 0.4) is 0 Å². The minimum absolute atomic E-state index is 0.165. The number of hydrogen-bond acceptors (Lipinski definition) is 9. The summed E-state index contributed by atoms with van der Waals surface area (Å²) < 4.78 is 22.3. The number of nitrogens with one attached hydrogen (secondary N) is 2. The lowest BCUT2D eigenvalue weighted by atomic mass is 9.85. The predicted molar refractivity (Wildman–Crippen MR) is 217 cm³/mol. The standard InChI is InChI=1S/C43H55N9O4/c1-30-11-7-8-21-50(30)42-47-46-39-19-16-33(29-51(39)42)56-37-18-17-36(34-14-5-6-15-35(34)37)44-41(53)45-40-28-38(43(2,3)4)48-52(40)31-12-9-13-32(27-31)55-26-23-49-20-10-24-54-25-22-49/h5-6,9,12-16,19,27-30,36-37H,7-8,10-11,17-18,20-26H2,1-4H3,(H2,44,45,53). The van der Waals surface area contributed by atoms with Gasteiger partial charge in [0.25, 0.3) is 0 Å². The van der Waals surface area contributed by atoms with Crippen LogP contribution < -0.4 is 25.0 Å². The molecule has 13 nitrogen and oxygen atoms in total. The van der Waals surface area contributed by atoms with Gasteiger partial charge >= 0.3 is 6.03 Å². The molecule has 13 heteroatoms. The Bertz CT molecular complexity index is 2120. The van der Waals surface area contributed by atoms with Gasteiger partial charge in [-0.2, -0.15) is 5.10 Å². The van der Waals surface area contributed by atoms with E-state index >= 15 is 0 Å². The normalized spacial score (nSPS) is 20.6. The highest BCUT2D eigenvalue weighted by Crippen LogP contribution is 2.39. The van der Waals surface area contributed by atoms with Gasteiger partial charge in [-0.3, -0.25) is 14.6 Å². The number of carbonyl (C=O) groups excluding carboxylic acids is 1. The zero-order valence-electron chi connectivity index (χ0n) is 33.1.